The van der Waals surface area contributed by atoms with Crippen molar-refractivity contribution in [1.29, 1.82) is 5.53 Å². The fourth-order valence-corrected chi connectivity index (χ4v) is 3.17. The van der Waals surface area contributed by atoms with E-state index in [0.717, 1.165) is 18.6 Å². The van der Waals surface area contributed by atoms with E-state index >= 15 is 0 Å². The number of pyridine rings is 1. The molecule has 1 saturated heterocycles. The number of nitrogens with zero attached hydrogens (tertiary/aromatic N) is 3. The molecule has 1 unspecified atom stereocenters. The summed E-state index contributed by atoms with van der Waals surface area (Å²) in [4.78, 5) is 17.7. The van der Waals surface area contributed by atoms with E-state index in [-0.39, 0.29) is 25.4 Å². The molecule has 0 bridgehead atoms. The van der Waals surface area contributed by atoms with Gasteiger partial charge in [-0.25, -0.2) is 14.3 Å². The summed E-state index contributed by atoms with van der Waals surface area (Å²) in [5, 5.41) is 6.06. The molecule has 6 nitrogen and oxygen atoms in total. The highest BCUT2D eigenvalue weighted by Crippen LogP contribution is 2.31. The smallest absolute Gasteiger partial charge is 0.282 e. The van der Waals surface area contributed by atoms with Crippen LogP contribution in [0.3, 0.4) is 0 Å². The zero-order valence-corrected chi connectivity index (χ0v) is 14.3. The quantitative estimate of drug-likeness (QED) is 0.404. The first kappa shape index (κ1) is 18.6. The summed E-state index contributed by atoms with van der Waals surface area (Å²) in [6.45, 7) is 1.48. The Hall–Kier alpha value is -1.77. The van der Waals surface area contributed by atoms with Gasteiger partial charge in [0, 0.05) is 5.69 Å². The second-order valence-electron chi connectivity index (χ2n) is 5.67. The van der Waals surface area contributed by atoms with Gasteiger partial charge in [0.05, 0.1) is 31.4 Å². The number of rotatable bonds is 9. The summed E-state index contributed by atoms with van der Waals surface area (Å²) < 4.78 is 25.7. The summed E-state index contributed by atoms with van der Waals surface area (Å²) in [5.41, 5.74) is 7.70. The van der Waals surface area contributed by atoms with Crippen molar-refractivity contribution >= 4 is 23.4 Å². The lowest BCUT2D eigenvalue weighted by Crippen LogP contribution is -2.56. The van der Waals surface area contributed by atoms with Gasteiger partial charge in [-0.3, -0.25) is 9.78 Å². The number of thioether (sulfide) groups is 1. The lowest BCUT2D eigenvalue weighted by molar-refractivity contribution is -0.120. The van der Waals surface area contributed by atoms with Crippen LogP contribution in [0.4, 0.5) is 14.5 Å². The van der Waals surface area contributed by atoms with Crippen molar-refractivity contribution in [2.24, 2.45) is 5.11 Å². The Balaban J connectivity index is 1.80. The van der Waals surface area contributed by atoms with Crippen LogP contribution >= 0.6 is 11.8 Å². The molecule has 24 heavy (non-hydrogen) atoms. The van der Waals surface area contributed by atoms with E-state index in [1.807, 2.05) is 0 Å². The highest BCUT2D eigenvalue weighted by molar-refractivity contribution is 7.99. The Morgan fingerprint density at radius 3 is 2.83 bits per heavy atom. The molecule has 2 rings (SSSR count). The Bertz CT molecular complexity index is 561. The Labute approximate surface area is 143 Å². The van der Waals surface area contributed by atoms with Crippen LogP contribution < -0.4 is 10.2 Å². The third kappa shape index (κ3) is 5.40. The molecule has 1 amide bonds. The van der Waals surface area contributed by atoms with Crippen LogP contribution in [0.25, 0.3) is 0 Å². The average molecular weight is 357 g/mol. The first-order valence-corrected chi connectivity index (χ1v) is 8.83. The molecule has 132 valence electrons. The maximum atomic E-state index is 12.9. The van der Waals surface area contributed by atoms with Gasteiger partial charge in [-0.1, -0.05) is 13.3 Å². The molecule has 1 aromatic heterocycles. The van der Waals surface area contributed by atoms with Crippen molar-refractivity contribution in [3.63, 3.8) is 0 Å². The summed E-state index contributed by atoms with van der Waals surface area (Å²) in [7, 11) is 0. The number of hydrogen-bond acceptors (Lipinski definition) is 6. The highest BCUT2D eigenvalue weighted by atomic mass is 32.2. The molecular weight excluding hydrogens is 336 g/mol. The second kappa shape index (κ2) is 8.36. The Kier molecular flexibility index (Phi) is 6.47. The number of hydrogen-bond donors (Lipinski definition) is 2. The van der Waals surface area contributed by atoms with E-state index in [1.54, 1.807) is 12.1 Å². The van der Waals surface area contributed by atoms with Crippen molar-refractivity contribution in [2.45, 2.75) is 37.6 Å². The highest BCUT2D eigenvalue weighted by Gasteiger charge is 2.43. The molecule has 1 aliphatic rings. The number of carbonyl (C=O) groups excluding carboxylic acids is 1. The number of anilines is 1. The van der Waals surface area contributed by atoms with Crippen LogP contribution in [-0.2, 0) is 11.2 Å². The second-order valence-corrected chi connectivity index (χ2v) is 6.86. The van der Waals surface area contributed by atoms with Crippen LogP contribution in [0.2, 0.25) is 0 Å². The van der Waals surface area contributed by atoms with Gasteiger partial charge in [0.1, 0.15) is 0 Å². The van der Waals surface area contributed by atoms with E-state index in [0.29, 0.717) is 11.4 Å². The Morgan fingerprint density at radius 1 is 1.54 bits per heavy atom. The first-order valence-electron chi connectivity index (χ1n) is 7.79. The number of amides is 1. The van der Waals surface area contributed by atoms with E-state index in [4.69, 9.17) is 5.53 Å². The number of nitrogens with one attached hydrogen (secondary N) is 2. The minimum absolute atomic E-state index is 0.0663. The summed E-state index contributed by atoms with van der Waals surface area (Å²) in [5.74, 6) is -2.06. The first-order chi connectivity index (χ1) is 11.4. The van der Waals surface area contributed by atoms with Crippen molar-refractivity contribution in [3.8, 4) is 0 Å². The fraction of sp³-hybridized carbons (Fsp3) is 0.600. The maximum absolute atomic E-state index is 12.9. The average Bonchev–Trinajstić information content (AvgIpc) is 2.52. The molecule has 1 fully saturated rings. The van der Waals surface area contributed by atoms with E-state index in [1.165, 1.54) is 22.9 Å². The normalized spacial score (nSPS) is 17.0. The summed E-state index contributed by atoms with van der Waals surface area (Å²) in [6.07, 6.45) is 3.62. The molecule has 0 aromatic carbocycles. The standard InChI is InChI=1S/C15H21F2N5OS/c1-2-3-6-24-14(21-18)20-13(23)7-11-4-5-12(8-19-11)22-9-15(16,17)10-22/h4-5,8,14,18H,2-3,6-7,9-10H2,1H3,(H,20,23). The number of unbranched alkanes of at least 4 members (excludes halogenated alkanes) is 1. The molecule has 1 atom stereocenters. The van der Waals surface area contributed by atoms with Crippen molar-refractivity contribution < 1.29 is 13.6 Å². The molecule has 9 heteroatoms. The van der Waals surface area contributed by atoms with Crippen molar-refractivity contribution in [1.82, 2.24) is 10.3 Å². The van der Waals surface area contributed by atoms with E-state index in [9.17, 15) is 13.6 Å². The van der Waals surface area contributed by atoms with Crippen LogP contribution in [-0.4, -0.2) is 41.2 Å². The van der Waals surface area contributed by atoms with Gasteiger partial charge < -0.3 is 10.2 Å². The maximum Gasteiger partial charge on any atom is 0.282 e. The molecule has 1 aliphatic heterocycles. The molecule has 0 saturated carbocycles. The van der Waals surface area contributed by atoms with Crippen molar-refractivity contribution in [3.05, 3.63) is 24.0 Å². The van der Waals surface area contributed by atoms with Gasteiger partial charge in [-0.05, 0) is 24.3 Å². The van der Waals surface area contributed by atoms with E-state index in [2.05, 4.69) is 22.3 Å². The molecule has 0 radical (unpaired) electrons. The fourth-order valence-electron chi connectivity index (χ4n) is 2.21. The van der Waals surface area contributed by atoms with Gasteiger partial charge in [0.15, 0.2) is 5.50 Å². The largest absolute Gasteiger partial charge is 0.358 e. The van der Waals surface area contributed by atoms with Crippen LogP contribution in [0, 0.1) is 5.53 Å². The molecule has 2 heterocycles. The lowest BCUT2D eigenvalue weighted by atomic mass is 10.1. The zero-order valence-electron chi connectivity index (χ0n) is 13.5. The monoisotopic (exact) mass is 357 g/mol. The summed E-state index contributed by atoms with van der Waals surface area (Å²) in [6, 6.07) is 3.34. The van der Waals surface area contributed by atoms with Gasteiger partial charge in [0.25, 0.3) is 5.92 Å². The van der Waals surface area contributed by atoms with Gasteiger partial charge >= 0.3 is 0 Å². The Morgan fingerprint density at radius 2 is 2.29 bits per heavy atom. The molecule has 0 spiro atoms. The van der Waals surface area contributed by atoms with Crippen LogP contribution in [0.15, 0.2) is 23.4 Å². The minimum Gasteiger partial charge on any atom is -0.358 e. The molecule has 2 N–H and O–H groups in total. The van der Waals surface area contributed by atoms with Gasteiger partial charge in [-0.2, -0.15) is 5.11 Å². The molecule has 0 aliphatic carbocycles. The predicted octanol–water partition coefficient (Wildman–Crippen LogP) is 3.04. The summed E-state index contributed by atoms with van der Waals surface area (Å²) >= 11 is 1.42. The van der Waals surface area contributed by atoms with Crippen molar-refractivity contribution in [2.75, 3.05) is 23.7 Å². The number of halogens is 2. The zero-order chi connectivity index (χ0) is 17.6. The van der Waals surface area contributed by atoms with E-state index < -0.39 is 11.4 Å². The van der Waals surface area contributed by atoms with Gasteiger partial charge in [0.2, 0.25) is 5.91 Å². The third-order valence-electron chi connectivity index (χ3n) is 3.54. The van der Waals surface area contributed by atoms with Gasteiger partial charge in [-0.15, -0.1) is 11.8 Å². The van der Waals surface area contributed by atoms with Crippen LogP contribution in [0.1, 0.15) is 25.5 Å². The number of alkyl halides is 2. The predicted molar refractivity (Wildman–Crippen MR) is 89.5 cm³/mol. The number of aromatic nitrogens is 1. The topological polar surface area (TPSA) is 81.4 Å². The molecular formula is C15H21F2N5OS. The molecule has 1 aromatic rings. The SMILES string of the molecule is CCCCSC(N=N)NC(=O)Cc1ccc(N2CC(F)(F)C2)cn1. The lowest BCUT2D eigenvalue weighted by Gasteiger charge is -2.40. The van der Waals surface area contributed by atoms with Crippen LogP contribution in [0.5, 0.6) is 0 Å². The number of carbonyl (C=O) groups is 1. The third-order valence-corrected chi connectivity index (χ3v) is 4.60. The minimum atomic E-state index is -2.62.